The Labute approximate surface area is 188 Å². The van der Waals surface area contributed by atoms with E-state index in [0.717, 1.165) is 42.8 Å². The van der Waals surface area contributed by atoms with Gasteiger partial charge in [-0.1, -0.05) is 25.7 Å². The fourth-order valence-electron chi connectivity index (χ4n) is 3.90. The SMILES string of the molecule is Cc1ncc(C(F)(F)F)cc1N[C@@H](C)c1ccc(C(=O)NC(CC2CCCC2)C(N)=O)s1. The van der Waals surface area contributed by atoms with Crippen molar-refractivity contribution in [1.82, 2.24) is 10.3 Å². The highest BCUT2D eigenvalue weighted by molar-refractivity contribution is 7.14. The molecule has 4 N–H and O–H groups in total. The smallest absolute Gasteiger partial charge is 0.376 e. The Morgan fingerprint density at radius 3 is 2.59 bits per heavy atom. The fraction of sp³-hybridized carbons (Fsp3) is 0.500. The molecule has 2 atom stereocenters. The number of hydrogen-bond donors (Lipinski definition) is 3. The zero-order chi connectivity index (χ0) is 23.5. The number of anilines is 1. The molecule has 0 spiro atoms. The monoisotopic (exact) mass is 468 g/mol. The lowest BCUT2D eigenvalue weighted by molar-refractivity contribution is -0.137. The van der Waals surface area contributed by atoms with Crippen molar-refractivity contribution >= 4 is 28.8 Å². The summed E-state index contributed by atoms with van der Waals surface area (Å²) in [6.45, 7) is 3.41. The Hall–Kier alpha value is -2.62. The summed E-state index contributed by atoms with van der Waals surface area (Å²) in [6, 6.07) is 3.34. The zero-order valence-corrected chi connectivity index (χ0v) is 18.8. The van der Waals surface area contributed by atoms with Gasteiger partial charge in [0.1, 0.15) is 6.04 Å². The summed E-state index contributed by atoms with van der Waals surface area (Å²) in [5, 5.41) is 5.78. The van der Waals surface area contributed by atoms with Crippen molar-refractivity contribution in [3.05, 3.63) is 45.4 Å². The normalized spacial score (nSPS) is 16.5. The molecule has 1 aliphatic carbocycles. The van der Waals surface area contributed by atoms with Crippen molar-refractivity contribution in [2.75, 3.05) is 5.32 Å². The van der Waals surface area contributed by atoms with Gasteiger partial charge in [0.05, 0.1) is 27.9 Å². The Kier molecular flexibility index (Phi) is 7.43. The van der Waals surface area contributed by atoms with E-state index in [1.54, 1.807) is 26.0 Å². The number of hydrogen-bond acceptors (Lipinski definition) is 5. The van der Waals surface area contributed by atoms with Gasteiger partial charge in [-0.15, -0.1) is 11.3 Å². The Morgan fingerprint density at radius 2 is 1.97 bits per heavy atom. The summed E-state index contributed by atoms with van der Waals surface area (Å²) < 4.78 is 39.0. The lowest BCUT2D eigenvalue weighted by Gasteiger charge is -2.19. The number of carbonyl (C=O) groups is 2. The van der Waals surface area contributed by atoms with Gasteiger partial charge >= 0.3 is 6.18 Å². The maximum absolute atomic E-state index is 13.0. The molecule has 1 fully saturated rings. The third-order valence-corrected chi connectivity index (χ3v) is 7.02. The standard InChI is InChI=1S/C22H27F3N4O2S/c1-12-16(10-15(11-27-12)22(23,24)25)28-13(2)18-7-8-19(32-18)21(31)29-17(20(26)30)9-14-5-3-4-6-14/h7-8,10-11,13-14,17,28H,3-6,9H2,1-2H3,(H2,26,30)(H,29,31)/t13-,17?/m0/s1. The molecule has 2 aromatic rings. The van der Waals surface area contributed by atoms with Crippen molar-refractivity contribution in [2.24, 2.45) is 11.7 Å². The van der Waals surface area contributed by atoms with Gasteiger partial charge in [-0.05, 0) is 44.4 Å². The number of amides is 2. The molecule has 0 aliphatic heterocycles. The van der Waals surface area contributed by atoms with Crippen LogP contribution in [0.1, 0.15) is 70.9 Å². The predicted octanol–water partition coefficient (Wildman–Crippen LogP) is 4.81. The highest BCUT2D eigenvalue weighted by Crippen LogP contribution is 2.33. The molecule has 2 aromatic heterocycles. The van der Waals surface area contributed by atoms with Crippen LogP contribution in [0.25, 0.3) is 0 Å². The van der Waals surface area contributed by atoms with Crippen LogP contribution < -0.4 is 16.4 Å². The largest absolute Gasteiger partial charge is 0.417 e. The second-order valence-corrected chi connectivity index (χ2v) is 9.35. The van der Waals surface area contributed by atoms with E-state index in [1.165, 1.54) is 11.3 Å². The number of nitrogens with two attached hydrogens (primary N) is 1. The topological polar surface area (TPSA) is 97.1 Å². The summed E-state index contributed by atoms with van der Waals surface area (Å²) in [5.74, 6) is -0.544. The van der Waals surface area contributed by atoms with Crippen LogP contribution in [-0.4, -0.2) is 22.8 Å². The van der Waals surface area contributed by atoms with E-state index >= 15 is 0 Å². The summed E-state index contributed by atoms with van der Waals surface area (Å²) in [5.41, 5.74) is 5.38. The third-order valence-electron chi connectivity index (χ3n) is 5.76. The molecular formula is C22H27F3N4O2S. The molecule has 3 rings (SSSR count). The third kappa shape index (κ3) is 5.99. The van der Waals surface area contributed by atoms with E-state index in [1.807, 2.05) is 0 Å². The molecule has 1 unspecified atom stereocenters. The van der Waals surface area contributed by atoms with E-state index in [9.17, 15) is 22.8 Å². The van der Waals surface area contributed by atoms with Gasteiger partial charge in [-0.25, -0.2) is 0 Å². The van der Waals surface area contributed by atoms with Crippen LogP contribution in [0.4, 0.5) is 18.9 Å². The second-order valence-electron chi connectivity index (χ2n) is 8.24. The van der Waals surface area contributed by atoms with E-state index in [2.05, 4.69) is 15.6 Å². The number of thiophene rings is 1. The fourth-order valence-corrected chi connectivity index (χ4v) is 4.81. The van der Waals surface area contributed by atoms with Crippen LogP contribution in [0.5, 0.6) is 0 Å². The molecule has 1 aliphatic rings. The molecule has 32 heavy (non-hydrogen) atoms. The quantitative estimate of drug-likeness (QED) is 0.518. The first-order valence-electron chi connectivity index (χ1n) is 10.5. The first-order chi connectivity index (χ1) is 15.0. The van der Waals surface area contributed by atoms with Crippen LogP contribution in [-0.2, 0) is 11.0 Å². The number of nitrogens with one attached hydrogen (secondary N) is 2. The van der Waals surface area contributed by atoms with Gasteiger partial charge in [0.15, 0.2) is 0 Å². The molecule has 10 heteroatoms. The average Bonchev–Trinajstić information content (AvgIpc) is 3.40. The highest BCUT2D eigenvalue weighted by Gasteiger charge is 2.32. The summed E-state index contributed by atoms with van der Waals surface area (Å²) >= 11 is 1.21. The number of carbonyl (C=O) groups excluding carboxylic acids is 2. The van der Waals surface area contributed by atoms with Crippen LogP contribution in [0, 0.1) is 12.8 Å². The molecule has 6 nitrogen and oxygen atoms in total. The Bertz CT molecular complexity index is 970. The number of rotatable bonds is 8. The second kappa shape index (κ2) is 9.89. The summed E-state index contributed by atoms with van der Waals surface area (Å²) in [7, 11) is 0. The van der Waals surface area contributed by atoms with Crippen LogP contribution in [0.3, 0.4) is 0 Å². The number of aryl methyl sites for hydroxylation is 1. The molecule has 174 valence electrons. The molecule has 0 saturated heterocycles. The lowest BCUT2D eigenvalue weighted by Crippen LogP contribution is -2.45. The number of pyridine rings is 1. The first kappa shape index (κ1) is 24.0. The van der Waals surface area contributed by atoms with Gasteiger partial charge in [-0.3, -0.25) is 14.6 Å². The minimum absolute atomic E-state index is 0.275. The van der Waals surface area contributed by atoms with E-state index < -0.39 is 23.7 Å². The van der Waals surface area contributed by atoms with Crippen LogP contribution in [0.15, 0.2) is 24.4 Å². The molecule has 0 aromatic carbocycles. The highest BCUT2D eigenvalue weighted by atomic mass is 32.1. The van der Waals surface area contributed by atoms with Gasteiger partial charge in [-0.2, -0.15) is 13.2 Å². The van der Waals surface area contributed by atoms with E-state index in [4.69, 9.17) is 5.73 Å². The van der Waals surface area contributed by atoms with Crippen LogP contribution in [0.2, 0.25) is 0 Å². The molecule has 2 amide bonds. The van der Waals surface area contributed by atoms with Crippen molar-refractivity contribution in [3.8, 4) is 0 Å². The van der Waals surface area contributed by atoms with E-state index in [0.29, 0.717) is 22.9 Å². The number of alkyl halides is 3. The number of nitrogens with zero attached hydrogens (tertiary/aromatic N) is 1. The molecule has 0 bridgehead atoms. The van der Waals surface area contributed by atoms with E-state index in [-0.39, 0.29) is 17.6 Å². The maximum Gasteiger partial charge on any atom is 0.417 e. The zero-order valence-electron chi connectivity index (χ0n) is 18.0. The number of halogens is 3. The minimum Gasteiger partial charge on any atom is -0.376 e. The van der Waals surface area contributed by atoms with Gasteiger partial charge in [0.25, 0.3) is 5.91 Å². The van der Waals surface area contributed by atoms with Crippen molar-refractivity contribution < 1.29 is 22.8 Å². The van der Waals surface area contributed by atoms with Gasteiger partial charge < -0.3 is 16.4 Å². The predicted molar refractivity (Wildman–Crippen MR) is 117 cm³/mol. The summed E-state index contributed by atoms with van der Waals surface area (Å²) in [4.78, 5) is 29.5. The van der Waals surface area contributed by atoms with Crippen molar-refractivity contribution in [2.45, 2.75) is 64.2 Å². The Balaban J connectivity index is 1.66. The molecule has 2 heterocycles. The van der Waals surface area contributed by atoms with Gasteiger partial charge in [0, 0.05) is 11.1 Å². The van der Waals surface area contributed by atoms with Crippen LogP contribution >= 0.6 is 11.3 Å². The lowest BCUT2D eigenvalue weighted by atomic mass is 9.98. The molecule has 1 saturated carbocycles. The Morgan fingerprint density at radius 1 is 1.28 bits per heavy atom. The first-order valence-corrected chi connectivity index (χ1v) is 11.4. The molecular weight excluding hydrogens is 441 g/mol. The molecule has 0 radical (unpaired) electrons. The average molecular weight is 469 g/mol. The van der Waals surface area contributed by atoms with Crippen molar-refractivity contribution in [1.29, 1.82) is 0 Å². The van der Waals surface area contributed by atoms with Crippen molar-refractivity contribution in [3.63, 3.8) is 0 Å². The number of aromatic nitrogens is 1. The number of primary amides is 1. The summed E-state index contributed by atoms with van der Waals surface area (Å²) in [6.07, 6.45) is 1.20. The maximum atomic E-state index is 13.0. The minimum atomic E-state index is -4.48. The van der Waals surface area contributed by atoms with Gasteiger partial charge in [0.2, 0.25) is 5.91 Å².